The van der Waals surface area contributed by atoms with Crippen LogP contribution in [-0.4, -0.2) is 4.98 Å². The van der Waals surface area contributed by atoms with E-state index in [2.05, 4.69) is 20.9 Å². The van der Waals surface area contributed by atoms with Crippen molar-refractivity contribution < 1.29 is 4.74 Å². The highest BCUT2D eigenvalue weighted by atomic mass is 79.9. The SMILES string of the molecule is Nc1cnccc1Oc1ccc(Br)cc1. The van der Waals surface area contributed by atoms with Crippen molar-refractivity contribution in [2.24, 2.45) is 0 Å². The van der Waals surface area contributed by atoms with Crippen LogP contribution in [0.4, 0.5) is 5.69 Å². The Kier molecular flexibility index (Phi) is 2.87. The standard InChI is InChI=1S/C11H9BrN2O/c12-8-1-3-9(4-2-8)15-11-5-6-14-7-10(11)13/h1-7H,13H2. The van der Waals surface area contributed by atoms with Crippen molar-refractivity contribution in [1.82, 2.24) is 4.98 Å². The first-order chi connectivity index (χ1) is 7.25. The van der Waals surface area contributed by atoms with Crippen molar-refractivity contribution in [3.63, 3.8) is 0 Å². The summed E-state index contributed by atoms with van der Waals surface area (Å²) in [6, 6.07) is 9.28. The van der Waals surface area contributed by atoms with Gasteiger partial charge in [0.2, 0.25) is 0 Å². The molecule has 0 unspecified atom stereocenters. The van der Waals surface area contributed by atoms with Gasteiger partial charge in [-0.3, -0.25) is 4.98 Å². The fraction of sp³-hybridized carbons (Fsp3) is 0. The summed E-state index contributed by atoms with van der Waals surface area (Å²) in [4.78, 5) is 3.89. The quantitative estimate of drug-likeness (QED) is 0.906. The van der Waals surface area contributed by atoms with Crippen molar-refractivity contribution in [2.75, 3.05) is 5.73 Å². The summed E-state index contributed by atoms with van der Waals surface area (Å²) in [6.07, 6.45) is 3.21. The number of nitrogen functional groups attached to an aromatic ring is 1. The van der Waals surface area contributed by atoms with E-state index in [0.29, 0.717) is 11.4 Å². The number of rotatable bonds is 2. The number of nitrogens with two attached hydrogens (primary N) is 1. The number of nitrogens with zero attached hydrogens (tertiary/aromatic N) is 1. The van der Waals surface area contributed by atoms with Gasteiger partial charge in [0.25, 0.3) is 0 Å². The molecule has 0 atom stereocenters. The van der Waals surface area contributed by atoms with Crippen LogP contribution in [0.1, 0.15) is 0 Å². The molecule has 3 nitrogen and oxygen atoms in total. The van der Waals surface area contributed by atoms with E-state index >= 15 is 0 Å². The molecular formula is C11H9BrN2O. The van der Waals surface area contributed by atoms with Gasteiger partial charge < -0.3 is 10.5 Å². The lowest BCUT2D eigenvalue weighted by molar-refractivity contribution is 0.484. The minimum atomic E-state index is 0.528. The molecule has 0 spiro atoms. The summed E-state index contributed by atoms with van der Waals surface area (Å²) >= 11 is 3.36. The zero-order valence-electron chi connectivity index (χ0n) is 7.85. The van der Waals surface area contributed by atoms with Crippen LogP contribution in [0.15, 0.2) is 47.2 Å². The Labute approximate surface area is 96.0 Å². The second kappa shape index (κ2) is 4.31. The lowest BCUT2D eigenvalue weighted by Gasteiger charge is -2.07. The summed E-state index contributed by atoms with van der Waals surface area (Å²) in [6.45, 7) is 0. The Bertz CT molecular complexity index is 456. The molecule has 1 aromatic heterocycles. The maximum Gasteiger partial charge on any atom is 0.153 e. The second-order valence-corrected chi connectivity index (χ2v) is 3.89. The molecule has 2 aromatic rings. The van der Waals surface area contributed by atoms with Gasteiger partial charge in [-0.1, -0.05) is 15.9 Å². The maximum atomic E-state index is 5.70. The number of hydrogen-bond donors (Lipinski definition) is 1. The number of pyridine rings is 1. The van der Waals surface area contributed by atoms with Gasteiger partial charge in [-0.05, 0) is 24.3 Å². The minimum Gasteiger partial charge on any atom is -0.455 e. The molecule has 0 saturated heterocycles. The van der Waals surface area contributed by atoms with E-state index < -0.39 is 0 Å². The van der Waals surface area contributed by atoms with Crippen LogP contribution in [0.5, 0.6) is 11.5 Å². The minimum absolute atomic E-state index is 0.528. The van der Waals surface area contributed by atoms with Crippen LogP contribution in [0.2, 0.25) is 0 Å². The molecular weight excluding hydrogens is 256 g/mol. The van der Waals surface area contributed by atoms with E-state index in [0.717, 1.165) is 10.2 Å². The summed E-state index contributed by atoms with van der Waals surface area (Å²) in [7, 11) is 0. The van der Waals surface area contributed by atoms with Crippen molar-refractivity contribution in [2.45, 2.75) is 0 Å². The monoisotopic (exact) mass is 264 g/mol. The average Bonchev–Trinajstić information content (AvgIpc) is 2.25. The fourth-order valence-electron chi connectivity index (χ4n) is 1.12. The van der Waals surface area contributed by atoms with Crippen LogP contribution in [0.3, 0.4) is 0 Å². The number of hydrogen-bond acceptors (Lipinski definition) is 3. The largest absolute Gasteiger partial charge is 0.455 e. The molecule has 1 aromatic carbocycles. The Hall–Kier alpha value is -1.55. The predicted molar refractivity (Wildman–Crippen MR) is 62.9 cm³/mol. The Morgan fingerprint density at radius 3 is 2.53 bits per heavy atom. The smallest absolute Gasteiger partial charge is 0.153 e. The highest BCUT2D eigenvalue weighted by Crippen LogP contribution is 2.26. The van der Waals surface area contributed by atoms with Crippen molar-refractivity contribution in [3.05, 3.63) is 47.2 Å². The highest BCUT2D eigenvalue weighted by molar-refractivity contribution is 9.10. The summed E-state index contributed by atoms with van der Waals surface area (Å²) in [5.74, 6) is 1.36. The van der Waals surface area contributed by atoms with Crippen LogP contribution in [-0.2, 0) is 0 Å². The topological polar surface area (TPSA) is 48.1 Å². The summed E-state index contributed by atoms with van der Waals surface area (Å²) in [5, 5.41) is 0. The molecule has 0 aliphatic carbocycles. The molecule has 0 radical (unpaired) electrons. The molecule has 0 saturated carbocycles. The Balaban J connectivity index is 2.22. The van der Waals surface area contributed by atoms with E-state index in [1.54, 1.807) is 18.5 Å². The van der Waals surface area contributed by atoms with Crippen LogP contribution >= 0.6 is 15.9 Å². The first-order valence-electron chi connectivity index (χ1n) is 4.38. The molecule has 0 amide bonds. The van der Waals surface area contributed by atoms with E-state index in [1.807, 2.05) is 24.3 Å². The normalized spacial score (nSPS) is 9.93. The molecule has 0 fully saturated rings. The van der Waals surface area contributed by atoms with Gasteiger partial charge in [0.15, 0.2) is 5.75 Å². The van der Waals surface area contributed by atoms with E-state index in [4.69, 9.17) is 10.5 Å². The maximum absolute atomic E-state index is 5.70. The van der Waals surface area contributed by atoms with E-state index in [9.17, 15) is 0 Å². The lowest BCUT2D eigenvalue weighted by Crippen LogP contribution is -1.92. The fourth-order valence-corrected chi connectivity index (χ4v) is 1.38. The predicted octanol–water partition coefficient (Wildman–Crippen LogP) is 3.22. The van der Waals surface area contributed by atoms with Gasteiger partial charge in [-0.25, -0.2) is 0 Å². The second-order valence-electron chi connectivity index (χ2n) is 2.97. The van der Waals surface area contributed by atoms with E-state index in [1.165, 1.54) is 0 Å². The molecule has 15 heavy (non-hydrogen) atoms. The first-order valence-corrected chi connectivity index (χ1v) is 5.18. The van der Waals surface area contributed by atoms with Gasteiger partial charge in [0.1, 0.15) is 5.75 Å². The number of benzene rings is 1. The third-order valence-electron chi connectivity index (χ3n) is 1.85. The molecule has 1 heterocycles. The molecule has 2 N–H and O–H groups in total. The number of ether oxygens (including phenoxy) is 1. The Morgan fingerprint density at radius 1 is 1.13 bits per heavy atom. The number of aromatic nitrogens is 1. The van der Waals surface area contributed by atoms with Gasteiger partial charge in [0, 0.05) is 16.7 Å². The average molecular weight is 265 g/mol. The lowest BCUT2D eigenvalue weighted by atomic mass is 10.3. The van der Waals surface area contributed by atoms with Gasteiger partial charge in [0.05, 0.1) is 11.9 Å². The van der Waals surface area contributed by atoms with Gasteiger partial charge in [-0.2, -0.15) is 0 Å². The van der Waals surface area contributed by atoms with E-state index in [-0.39, 0.29) is 0 Å². The third kappa shape index (κ3) is 2.47. The van der Waals surface area contributed by atoms with Gasteiger partial charge in [-0.15, -0.1) is 0 Å². The Morgan fingerprint density at radius 2 is 1.87 bits per heavy atom. The van der Waals surface area contributed by atoms with Crippen LogP contribution in [0.25, 0.3) is 0 Å². The highest BCUT2D eigenvalue weighted by Gasteiger charge is 2.00. The number of halogens is 1. The number of anilines is 1. The van der Waals surface area contributed by atoms with Crippen LogP contribution < -0.4 is 10.5 Å². The molecule has 2 rings (SSSR count). The third-order valence-corrected chi connectivity index (χ3v) is 2.38. The van der Waals surface area contributed by atoms with Gasteiger partial charge >= 0.3 is 0 Å². The van der Waals surface area contributed by atoms with Crippen molar-refractivity contribution in [3.8, 4) is 11.5 Å². The summed E-state index contributed by atoms with van der Waals surface area (Å²) < 4.78 is 6.59. The first kappa shape index (κ1) is 9.98. The summed E-state index contributed by atoms with van der Waals surface area (Å²) in [5.41, 5.74) is 6.23. The molecule has 76 valence electrons. The zero-order valence-corrected chi connectivity index (χ0v) is 9.44. The molecule has 0 aliphatic rings. The molecule has 0 aliphatic heterocycles. The van der Waals surface area contributed by atoms with Crippen molar-refractivity contribution in [1.29, 1.82) is 0 Å². The van der Waals surface area contributed by atoms with Crippen molar-refractivity contribution >= 4 is 21.6 Å². The molecule has 4 heteroatoms. The zero-order chi connectivity index (χ0) is 10.7. The van der Waals surface area contributed by atoms with Crippen LogP contribution in [0, 0.1) is 0 Å². The molecule has 0 bridgehead atoms.